The molecule has 4 aromatic rings. The quantitative estimate of drug-likeness (QED) is 0.293. The van der Waals surface area contributed by atoms with E-state index < -0.39 is 0 Å². The summed E-state index contributed by atoms with van der Waals surface area (Å²) in [4.78, 5) is 0. The lowest BCUT2D eigenvalue weighted by Gasteiger charge is -2.11. The molecule has 0 spiro atoms. The SMILES string of the molecule is Cc1cccc2c3ccccc3c3ccccc3c12.P. The third-order valence-electron chi connectivity index (χ3n) is 3.98. The summed E-state index contributed by atoms with van der Waals surface area (Å²) in [6.45, 7) is 2.20. The lowest BCUT2D eigenvalue weighted by molar-refractivity contribution is 1.55. The summed E-state index contributed by atoms with van der Waals surface area (Å²) in [6.07, 6.45) is 0. The Kier molecular flexibility index (Phi) is 3.20. The lowest BCUT2D eigenvalue weighted by Crippen LogP contribution is -1.85. The summed E-state index contributed by atoms with van der Waals surface area (Å²) in [5.41, 5.74) is 1.35. The molecule has 0 heterocycles. The molecule has 0 amide bonds. The molecule has 0 fully saturated rings. The average Bonchev–Trinajstić information content (AvgIpc) is 2.47. The van der Waals surface area contributed by atoms with Crippen LogP contribution in [-0.4, -0.2) is 0 Å². The molecular formula is C19H17P. The van der Waals surface area contributed by atoms with Crippen LogP contribution in [-0.2, 0) is 0 Å². The van der Waals surface area contributed by atoms with E-state index in [2.05, 4.69) is 73.7 Å². The molecule has 0 aliphatic rings. The zero-order valence-corrected chi connectivity index (χ0v) is 13.0. The number of rotatable bonds is 0. The normalized spacial score (nSPS) is 10.8. The standard InChI is InChI=1S/C19H14.H3P/c1-13-7-6-12-18-16-9-3-2-8-14(16)15-10-4-5-11-17(15)19(13)18;/h2-12H,1H3;1H3. The second-order valence-corrected chi connectivity index (χ2v) is 5.09. The van der Waals surface area contributed by atoms with Gasteiger partial charge in [-0.2, -0.15) is 9.90 Å². The van der Waals surface area contributed by atoms with Crippen molar-refractivity contribution in [1.82, 2.24) is 0 Å². The smallest absolute Gasteiger partial charge is 0.00697 e. The maximum absolute atomic E-state index is 2.23. The second kappa shape index (κ2) is 4.89. The van der Waals surface area contributed by atoms with Gasteiger partial charge in [0.1, 0.15) is 0 Å². The molecule has 0 N–H and O–H groups in total. The molecule has 0 nitrogen and oxygen atoms in total. The van der Waals surface area contributed by atoms with Gasteiger partial charge in [0.15, 0.2) is 0 Å². The monoisotopic (exact) mass is 276 g/mol. The van der Waals surface area contributed by atoms with Crippen molar-refractivity contribution in [2.45, 2.75) is 6.92 Å². The van der Waals surface area contributed by atoms with Crippen molar-refractivity contribution in [2.24, 2.45) is 0 Å². The predicted molar refractivity (Wildman–Crippen MR) is 94.8 cm³/mol. The second-order valence-electron chi connectivity index (χ2n) is 5.09. The molecule has 0 aliphatic carbocycles. The molecule has 0 saturated heterocycles. The summed E-state index contributed by atoms with van der Waals surface area (Å²) in [5, 5.41) is 8.14. The van der Waals surface area contributed by atoms with Gasteiger partial charge in [-0.05, 0) is 44.8 Å². The Morgan fingerprint density at radius 3 is 1.45 bits per heavy atom. The first-order chi connectivity index (χ1) is 9.36. The highest BCUT2D eigenvalue weighted by molar-refractivity contribution is 6.92. The zero-order chi connectivity index (χ0) is 12.8. The Morgan fingerprint density at radius 2 is 0.900 bits per heavy atom. The average molecular weight is 276 g/mol. The molecule has 0 aromatic heterocycles. The molecule has 4 aromatic carbocycles. The van der Waals surface area contributed by atoms with E-state index in [0.29, 0.717) is 0 Å². The van der Waals surface area contributed by atoms with Gasteiger partial charge in [-0.3, -0.25) is 0 Å². The van der Waals surface area contributed by atoms with Crippen LogP contribution in [0.4, 0.5) is 0 Å². The molecule has 20 heavy (non-hydrogen) atoms. The number of aryl methyl sites for hydroxylation is 1. The molecular weight excluding hydrogens is 259 g/mol. The summed E-state index contributed by atoms with van der Waals surface area (Å²) in [7, 11) is 0. The third-order valence-corrected chi connectivity index (χ3v) is 3.98. The number of hydrogen-bond donors (Lipinski definition) is 0. The van der Waals surface area contributed by atoms with Crippen molar-refractivity contribution in [1.29, 1.82) is 0 Å². The van der Waals surface area contributed by atoms with Crippen molar-refractivity contribution in [3.05, 3.63) is 72.3 Å². The summed E-state index contributed by atoms with van der Waals surface area (Å²) >= 11 is 0. The van der Waals surface area contributed by atoms with Gasteiger partial charge < -0.3 is 0 Å². The van der Waals surface area contributed by atoms with Gasteiger partial charge in [0.05, 0.1) is 0 Å². The molecule has 1 unspecified atom stereocenters. The molecule has 0 aliphatic heterocycles. The Balaban J connectivity index is 0.00000121. The van der Waals surface area contributed by atoms with Crippen molar-refractivity contribution in [2.75, 3.05) is 0 Å². The van der Waals surface area contributed by atoms with Crippen LogP contribution < -0.4 is 0 Å². The summed E-state index contributed by atoms with van der Waals surface area (Å²) in [5.74, 6) is 0. The number of fused-ring (bicyclic) bond motifs is 6. The largest absolute Gasteiger partial charge is 0.153 e. The fourth-order valence-electron chi connectivity index (χ4n) is 3.14. The molecule has 98 valence electrons. The van der Waals surface area contributed by atoms with E-state index in [9.17, 15) is 0 Å². The molecule has 1 atom stereocenters. The van der Waals surface area contributed by atoms with E-state index in [0.717, 1.165) is 0 Å². The van der Waals surface area contributed by atoms with Crippen LogP contribution in [0, 0.1) is 6.92 Å². The Morgan fingerprint density at radius 1 is 0.500 bits per heavy atom. The van der Waals surface area contributed by atoms with Gasteiger partial charge in [0.25, 0.3) is 0 Å². The van der Waals surface area contributed by atoms with Gasteiger partial charge in [-0.1, -0.05) is 66.7 Å². The first-order valence-electron chi connectivity index (χ1n) is 6.65. The summed E-state index contributed by atoms with van der Waals surface area (Å²) < 4.78 is 0. The van der Waals surface area contributed by atoms with Gasteiger partial charge in [-0.25, -0.2) is 0 Å². The summed E-state index contributed by atoms with van der Waals surface area (Å²) in [6, 6.07) is 24.0. The fraction of sp³-hybridized carbons (Fsp3) is 0.0526. The van der Waals surface area contributed by atoms with E-state index >= 15 is 0 Å². The van der Waals surface area contributed by atoms with Crippen molar-refractivity contribution < 1.29 is 0 Å². The van der Waals surface area contributed by atoms with E-state index in [4.69, 9.17) is 0 Å². The van der Waals surface area contributed by atoms with Gasteiger partial charge in [0.2, 0.25) is 0 Å². The maximum atomic E-state index is 2.23. The molecule has 0 radical (unpaired) electrons. The van der Waals surface area contributed by atoms with Gasteiger partial charge in [-0.15, -0.1) is 0 Å². The van der Waals surface area contributed by atoms with Crippen molar-refractivity contribution in [3.8, 4) is 0 Å². The van der Waals surface area contributed by atoms with E-state index in [1.165, 1.54) is 37.9 Å². The highest BCUT2D eigenvalue weighted by Gasteiger charge is 2.08. The van der Waals surface area contributed by atoms with E-state index in [1.807, 2.05) is 0 Å². The van der Waals surface area contributed by atoms with Crippen LogP contribution in [0.2, 0.25) is 0 Å². The minimum atomic E-state index is 0. The number of hydrogen-bond acceptors (Lipinski definition) is 0. The Labute approximate surface area is 122 Å². The highest BCUT2D eigenvalue weighted by atomic mass is 31.0. The van der Waals surface area contributed by atoms with Gasteiger partial charge in [0, 0.05) is 0 Å². The Bertz CT molecular complexity index is 877. The van der Waals surface area contributed by atoms with Crippen molar-refractivity contribution >= 4 is 42.2 Å². The minimum Gasteiger partial charge on any atom is -0.153 e. The van der Waals surface area contributed by atoms with E-state index in [-0.39, 0.29) is 9.90 Å². The van der Waals surface area contributed by atoms with Crippen LogP contribution in [0.1, 0.15) is 5.56 Å². The third kappa shape index (κ3) is 1.72. The molecule has 0 saturated carbocycles. The molecule has 1 heteroatoms. The van der Waals surface area contributed by atoms with Crippen molar-refractivity contribution in [3.63, 3.8) is 0 Å². The highest BCUT2D eigenvalue weighted by Crippen LogP contribution is 2.36. The molecule has 0 bridgehead atoms. The fourth-order valence-corrected chi connectivity index (χ4v) is 3.14. The molecule has 4 rings (SSSR count). The lowest BCUT2D eigenvalue weighted by atomic mass is 9.92. The first kappa shape index (κ1) is 13.1. The van der Waals surface area contributed by atoms with Crippen LogP contribution in [0.15, 0.2) is 66.7 Å². The minimum absolute atomic E-state index is 0. The topological polar surface area (TPSA) is 0 Å². The van der Waals surface area contributed by atoms with E-state index in [1.54, 1.807) is 0 Å². The maximum Gasteiger partial charge on any atom is -0.00697 e. The first-order valence-corrected chi connectivity index (χ1v) is 6.65. The van der Waals surface area contributed by atoms with Gasteiger partial charge >= 0.3 is 0 Å². The predicted octanol–water partition coefficient (Wildman–Crippen LogP) is 5.51. The van der Waals surface area contributed by atoms with Crippen LogP contribution in [0.3, 0.4) is 0 Å². The van der Waals surface area contributed by atoms with Crippen LogP contribution in [0.25, 0.3) is 32.3 Å². The van der Waals surface area contributed by atoms with Crippen LogP contribution in [0.5, 0.6) is 0 Å². The Hall–Kier alpha value is -1.91. The number of benzene rings is 4. The zero-order valence-electron chi connectivity index (χ0n) is 11.6. The van der Waals surface area contributed by atoms with Crippen LogP contribution >= 0.6 is 9.90 Å².